The van der Waals surface area contributed by atoms with Gasteiger partial charge in [-0.3, -0.25) is 9.36 Å². The third-order valence-corrected chi connectivity index (χ3v) is 5.98. The minimum Gasteiger partial charge on any atom is -0.383 e. The molecule has 35 heavy (non-hydrogen) atoms. The molecule has 1 atom stereocenters. The molecule has 0 saturated carbocycles. The molecule has 3 aromatic carbocycles. The van der Waals surface area contributed by atoms with Crippen molar-refractivity contribution in [2.45, 2.75) is 26.3 Å². The summed E-state index contributed by atoms with van der Waals surface area (Å²) in [6, 6.07) is 23.6. The van der Waals surface area contributed by atoms with Gasteiger partial charge in [-0.25, -0.2) is 9.78 Å². The molecule has 1 N–H and O–H groups in total. The van der Waals surface area contributed by atoms with Gasteiger partial charge in [-0.1, -0.05) is 55.0 Å². The van der Waals surface area contributed by atoms with Crippen LogP contribution < -0.4 is 10.9 Å². The van der Waals surface area contributed by atoms with Crippen molar-refractivity contribution >= 4 is 22.6 Å². The van der Waals surface area contributed by atoms with E-state index in [0.717, 1.165) is 5.56 Å². The number of ether oxygens (including phenoxy) is 1. The summed E-state index contributed by atoms with van der Waals surface area (Å²) in [4.78, 5) is 33.8. The summed E-state index contributed by atoms with van der Waals surface area (Å²) in [7, 11) is 1.60. The lowest BCUT2D eigenvalue weighted by Gasteiger charge is -2.32. The van der Waals surface area contributed by atoms with E-state index in [1.807, 2.05) is 86.6 Å². The average Bonchev–Trinajstić information content (AvgIpc) is 2.88. The Hall–Kier alpha value is -3.97. The number of anilines is 1. The number of rotatable bonds is 8. The Labute approximate surface area is 205 Å². The number of carbonyl (C=O) groups is 1. The molecule has 4 rings (SSSR count). The average molecular weight is 471 g/mol. The van der Waals surface area contributed by atoms with E-state index in [0.29, 0.717) is 47.7 Å². The number of amides is 2. The number of urea groups is 1. The van der Waals surface area contributed by atoms with Crippen molar-refractivity contribution in [2.75, 3.05) is 25.6 Å². The fourth-order valence-electron chi connectivity index (χ4n) is 4.16. The summed E-state index contributed by atoms with van der Waals surface area (Å²) in [6.07, 6.45) is 0.558. The number of hydrogen-bond donors (Lipinski definition) is 1. The fraction of sp³-hybridized carbons (Fsp3) is 0.250. The van der Waals surface area contributed by atoms with Gasteiger partial charge in [0.15, 0.2) is 0 Å². The first-order valence-electron chi connectivity index (χ1n) is 11.7. The summed E-state index contributed by atoms with van der Waals surface area (Å²) in [6.45, 7) is 4.67. The summed E-state index contributed by atoms with van der Waals surface area (Å²) in [5, 5.41) is 3.52. The first kappa shape index (κ1) is 24.2. The molecule has 0 aliphatic rings. The van der Waals surface area contributed by atoms with Crippen LogP contribution in [0, 0.1) is 6.92 Å². The molecule has 0 aliphatic heterocycles. The van der Waals surface area contributed by atoms with Crippen LogP contribution in [0.15, 0.2) is 83.7 Å². The Balaban J connectivity index is 1.84. The number of carbonyl (C=O) groups excluding carboxylic acids is 1. The van der Waals surface area contributed by atoms with Crippen LogP contribution in [0.3, 0.4) is 0 Å². The third kappa shape index (κ3) is 5.25. The number of nitrogens with one attached hydrogen (secondary N) is 1. The minimum atomic E-state index is -0.465. The van der Waals surface area contributed by atoms with Crippen LogP contribution >= 0.6 is 0 Å². The quantitative estimate of drug-likeness (QED) is 0.378. The maximum atomic E-state index is 13.7. The maximum absolute atomic E-state index is 13.7. The van der Waals surface area contributed by atoms with Gasteiger partial charge in [0, 0.05) is 19.3 Å². The van der Waals surface area contributed by atoms with Crippen molar-refractivity contribution in [3.05, 3.63) is 101 Å². The Kier molecular flexibility index (Phi) is 7.57. The fourth-order valence-corrected chi connectivity index (χ4v) is 4.16. The highest BCUT2D eigenvalue weighted by molar-refractivity contribution is 5.89. The van der Waals surface area contributed by atoms with Crippen LogP contribution in [0.25, 0.3) is 16.6 Å². The van der Waals surface area contributed by atoms with Crippen LogP contribution in [-0.2, 0) is 4.74 Å². The second kappa shape index (κ2) is 11.0. The second-order valence-corrected chi connectivity index (χ2v) is 8.37. The molecule has 4 aromatic rings. The molecule has 7 nitrogen and oxygen atoms in total. The van der Waals surface area contributed by atoms with E-state index in [2.05, 4.69) is 5.32 Å². The number of fused-ring (bicyclic) bond motifs is 1. The van der Waals surface area contributed by atoms with E-state index < -0.39 is 6.04 Å². The van der Waals surface area contributed by atoms with Gasteiger partial charge in [-0.2, -0.15) is 0 Å². The molecular weight excluding hydrogens is 440 g/mol. The molecule has 0 spiro atoms. The van der Waals surface area contributed by atoms with Crippen LogP contribution in [0.2, 0.25) is 0 Å². The number of hydrogen-bond acceptors (Lipinski definition) is 4. The Morgan fingerprint density at radius 1 is 1.03 bits per heavy atom. The Morgan fingerprint density at radius 3 is 2.40 bits per heavy atom. The summed E-state index contributed by atoms with van der Waals surface area (Å²) in [5.41, 5.74) is 2.95. The Morgan fingerprint density at radius 2 is 1.71 bits per heavy atom. The van der Waals surface area contributed by atoms with Crippen molar-refractivity contribution in [2.24, 2.45) is 0 Å². The van der Waals surface area contributed by atoms with Gasteiger partial charge >= 0.3 is 6.03 Å². The lowest BCUT2D eigenvalue weighted by Crippen LogP contribution is -2.42. The zero-order chi connectivity index (χ0) is 24.8. The van der Waals surface area contributed by atoms with Gasteiger partial charge < -0.3 is 15.0 Å². The molecule has 1 unspecified atom stereocenters. The number of aryl methyl sites for hydroxylation is 1. The van der Waals surface area contributed by atoms with E-state index in [4.69, 9.17) is 9.72 Å². The number of methoxy groups -OCH3 is 1. The summed E-state index contributed by atoms with van der Waals surface area (Å²) in [5.74, 6) is 0.512. The Bertz CT molecular complexity index is 1350. The number of aromatic nitrogens is 2. The largest absolute Gasteiger partial charge is 0.383 e. The summed E-state index contributed by atoms with van der Waals surface area (Å²) >= 11 is 0. The van der Waals surface area contributed by atoms with Crippen molar-refractivity contribution in [3.63, 3.8) is 0 Å². The van der Waals surface area contributed by atoms with Crippen LogP contribution in [0.4, 0.5) is 10.5 Å². The molecule has 2 amide bonds. The van der Waals surface area contributed by atoms with Gasteiger partial charge in [0.05, 0.1) is 29.2 Å². The smallest absolute Gasteiger partial charge is 0.322 e. The van der Waals surface area contributed by atoms with Gasteiger partial charge in [-0.05, 0) is 49.7 Å². The SMILES string of the molecule is CCC(c1nc2ccccc2c(=O)n1-c1ccccc1)N(CCOC)C(=O)Nc1ccc(C)cc1. The van der Waals surface area contributed by atoms with E-state index >= 15 is 0 Å². The van der Waals surface area contributed by atoms with Crippen LogP contribution in [0.5, 0.6) is 0 Å². The highest BCUT2D eigenvalue weighted by Crippen LogP contribution is 2.26. The molecule has 1 heterocycles. The lowest BCUT2D eigenvalue weighted by molar-refractivity contribution is 0.131. The van der Waals surface area contributed by atoms with Crippen molar-refractivity contribution in [1.82, 2.24) is 14.5 Å². The first-order valence-corrected chi connectivity index (χ1v) is 11.7. The summed E-state index contributed by atoms with van der Waals surface area (Å²) < 4.78 is 6.94. The highest BCUT2D eigenvalue weighted by atomic mass is 16.5. The standard InChI is InChI=1S/C28H30N4O3/c1-4-25(31(18-19-35-3)28(34)29-21-16-14-20(2)15-17-21)26-30-24-13-9-8-12-23(24)27(33)32(26)22-10-6-5-7-11-22/h5-17,25H,4,18-19H2,1-3H3,(H,29,34). The van der Waals surface area contributed by atoms with Crippen LogP contribution in [0.1, 0.15) is 30.8 Å². The van der Waals surface area contributed by atoms with Gasteiger partial charge in [0.2, 0.25) is 0 Å². The van der Waals surface area contributed by atoms with Gasteiger partial charge in [0.1, 0.15) is 5.82 Å². The zero-order valence-corrected chi connectivity index (χ0v) is 20.3. The number of benzene rings is 3. The zero-order valence-electron chi connectivity index (χ0n) is 20.3. The lowest BCUT2D eigenvalue weighted by atomic mass is 10.1. The molecule has 7 heteroatoms. The van der Waals surface area contributed by atoms with Crippen molar-refractivity contribution in [1.29, 1.82) is 0 Å². The highest BCUT2D eigenvalue weighted by Gasteiger charge is 2.29. The number of para-hydroxylation sites is 2. The van der Waals surface area contributed by atoms with Crippen LogP contribution in [-0.4, -0.2) is 40.7 Å². The van der Waals surface area contributed by atoms with E-state index in [9.17, 15) is 9.59 Å². The third-order valence-electron chi connectivity index (χ3n) is 5.98. The van der Waals surface area contributed by atoms with E-state index in [-0.39, 0.29) is 11.6 Å². The van der Waals surface area contributed by atoms with Gasteiger partial charge in [-0.15, -0.1) is 0 Å². The first-order chi connectivity index (χ1) is 17.0. The molecule has 0 aliphatic carbocycles. The number of nitrogens with zero attached hydrogens (tertiary/aromatic N) is 3. The van der Waals surface area contributed by atoms with Gasteiger partial charge in [0.25, 0.3) is 5.56 Å². The molecule has 0 radical (unpaired) electrons. The molecular formula is C28H30N4O3. The minimum absolute atomic E-state index is 0.166. The second-order valence-electron chi connectivity index (χ2n) is 8.37. The van der Waals surface area contributed by atoms with Crippen molar-refractivity contribution < 1.29 is 9.53 Å². The maximum Gasteiger partial charge on any atom is 0.322 e. The predicted octanol–water partition coefficient (Wildman–Crippen LogP) is 5.33. The van der Waals surface area contributed by atoms with E-state index in [1.54, 1.807) is 22.6 Å². The molecule has 0 fully saturated rings. The van der Waals surface area contributed by atoms with E-state index in [1.165, 1.54) is 0 Å². The monoisotopic (exact) mass is 470 g/mol. The predicted molar refractivity (Wildman–Crippen MR) is 139 cm³/mol. The topological polar surface area (TPSA) is 76.5 Å². The molecule has 1 aromatic heterocycles. The normalized spacial score (nSPS) is 11.9. The van der Waals surface area contributed by atoms with Crippen molar-refractivity contribution in [3.8, 4) is 5.69 Å². The molecule has 180 valence electrons. The molecule has 0 saturated heterocycles. The molecule has 0 bridgehead atoms.